The zero-order chi connectivity index (χ0) is 23.7. The van der Waals surface area contributed by atoms with E-state index in [1.807, 2.05) is 71.6 Å². The molecular formula is C29H28N2O3. The molecule has 5 nitrogen and oxygen atoms in total. The van der Waals surface area contributed by atoms with Gasteiger partial charge in [0, 0.05) is 17.8 Å². The molecule has 0 radical (unpaired) electrons. The first kappa shape index (κ1) is 22.0. The number of benzene rings is 3. The summed E-state index contributed by atoms with van der Waals surface area (Å²) in [4.78, 5) is 31.1. The zero-order valence-electron chi connectivity index (χ0n) is 19.6. The van der Waals surface area contributed by atoms with Gasteiger partial charge >= 0.3 is 0 Å². The number of imide groups is 1. The SMILES string of the molecule is CCCCc1ccc(N2C(=O)C(c3ccccc3OC)=C(N3CCc4ccccc43)C2=O)cc1. The second-order valence-corrected chi connectivity index (χ2v) is 8.67. The van der Waals surface area contributed by atoms with Gasteiger partial charge in [0.05, 0.1) is 18.4 Å². The summed E-state index contributed by atoms with van der Waals surface area (Å²) in [6, 6.07) is 23.2. The molecule has 2 amide bonds. The second-order valence-electron chi connectivity index (χ2n) is 8.67. The molecule has 0 atom stereocenters. The quantitative estimate of drug-likeness (QED) is 0.451. The van der Waals surface area contributed by atoms with Crippen LogP contribution in [0.3, 0.4) is 0 Å². The zero-order valence-corrected chi connectivity index (χ0v) is 19.6. The number of carbonyl (C=O) groups is 2. The van der Waals surface area contributed by atoms with Crippen molar-refractivity contribution in [3.63, 3.8) is 0 Å². The van der Waals surface area contributed by atoms with Gasteiger partial charge in [0.1, 0.15) is 11.4 Å². The van der Waals surface area contributed by atoms with Crippen LogP contribution in [0.1, 0.15) is 36.5 Å². The summed E-state index contributed by atoms with van der Waals surface area (Å²) < 4.78 is 5.58. The number of amides is 2. The molecule has 0 spiro atoms. The molecule has 3 aromatic rings. The van der Waals surface area contributed by atoms with E-state index in [1.165, 1.54) is 16.0 Å². The molecule has 172 valence electrons. The van der Waals surface area contributed by atoms with Crippen molar-refractivity contribution >= 4 is 28.8 Å². The first-order valence-corrected chi connectivity index (χ1v) is 11.8. The molecule has 2 heterocycles. The molecule has 5 rings (SSSR count). The van der Waals surface area contributed by atoms with Crippen molar-refractivity contribution < 1.29 is 14.3 Å². The Balaban J connectivity index is 1.62. The van der Waals surface area contributed by atoms with E-state index in [0.29, 0.717) is 34.8 Å². The highest BCUT2D eigenvalue weighted by Crippen LogP contribution is 2.42. The predicted octanol–water partition coefficient (Wildman–Crippen LogP) is 5.39. The summed E-state index contributed by atoms with van der Waals surface area (Å²) in [5.74, 6) is -0.0560. The van der Waals surface area contributed by atoms with Crippen LogP contribution in [0, 0.1) is 0 Å². The third kappa shape index (κ3) is 3.67. The Kier molecular flexibility index (Phi) is 5.93. The maximum atomic E-state index is 13.9. The van der Waals surface area contributed by atoms with Crippen LogP contribution in [0.5, 0.6) is 5.75 Å². The fraction of sp³-hybridized carbons (Fsp3) is 0.241. The average Bonchev–Trinajstić information content (AvgIpc) is 3.40. The van der Waals surface area contributed by atoms with E-state index in [1.54, 1.807) is 7.11 Å². The monoisotopic (exact) mass is 452 g/mol. The van der Waals surface area contributed by atoms with Crippen LogP contribution in [-0.4, -0.2) is 25.5 Å². The van der Waals surface area contributed by atoms with Crippen molar-refractivity contribution in [2.75, 3.05) is 23.5 Å². The molecule has 0 unspecified atom stereocenters. The van der Waals surface area contributed by atoms with Gasteiger partial charge in [-0.2, -0.15) is 0 Å². The number of fused-ring (bicyclic) bond motifs is 1. The molecule has 0 aromatic heterocycles. The molecule has 2 aliphatic heterocycles. The number of hydrogen-bond donors (Lipinski definition) is 0. The third-order valence-corrected chi connectivity index (χ3v) is 6.61. The number of carbonyl (C=O) groups excluding carboxylic acids is 2. The number of para-hydroxylation sites is 2. The Labute approximate surface area is 200 Å². The summed E-state index contributed by atoms with van der Waals surface area (Å²) in [5, 5.41) is 0. The Hall–Kier alpha value is -3.86. The van der Waals surface area contributed by atoms with Crippen LogP contribution >= 0.6 is 0 Å². The number of anilines is 2. The van der Waals surface area contributed by atoms with Crippen LogP contribution in [0.4, 0.5) is 11.4 Å². The van der Waals surface area contributed by atoms with Gasteiger partial charge in [-0.05, 0) is 54.7 Å². The fourth-order valence-electron chi connectivity index (χ4n) is 4.86. The molecule has 2 aliphatic rings. The lowest BCUT2D eigenvalue weighted by Gasteiger charge is -2.22. The number of aryl methyl sites for hydroxylation is 1. The standard InChI is InChI=1S/C29H28N2O3/c1-3-4-9-20-14-16-22(17-15-20)31-28(32)26(23-11-6-8-13-25(23)34-2)27(29(31)33)30-19-18-21-10-5-7-12-24(21)30/h5-8,10-17H,3-4,9,18-19H2,1-2H3. The van der Waals surface area contributed by atoms with Gasteiger partial charge in [-0.25, -0.2) is 4.90 Å². The van der Waals surface area contributed by atoms with E-state index in [9.17, 15) is 9.59 Å². The highest BCUT2D eigenvalue weighted by Gasteiger charge is 2.44. The summed E-state index contributed by atoms with van der Waals surface area (Å²) in [5.41, 5.74) is 5.37. The van der Waals surface area contributed by atoms with Crippen LogP contribution < -0.4 is 14.5 Å². The van der Waals surface area contributed by atoms with E-state index in [0.717, 1.165) is 31.4 Å². The van der Waals surface area contributed by atoms with E-state index in [-0.39, 0.29) is 11.8 Å². The normalized spacial score (nSPS) is 15.4. The average molecular weight is 453 g/mol. The maximum Gasteiger partial charge on any atom is 0.282 e. The van der Waals surface area contributed by atoms with Crippen molar-refractivity contribution in [1.29, 1.82) is 0 Å². The van der Waals surface area contributed by atoms with Gasteiger partial charge in [0.25, 0.3) is 11.8 Å². The summed E-state index contributed by atoms with van der Waals surface area (Å²) in [6.07, 6.45) is 4.04. The Morgan fingerprint density at radius 1 is 0.882 bits per heavy atom. The Morgan fingerprint density at radius 3 is 2.38 bits per heavy atom. The van der Waals surface area contributed by atoms with Gasteiger partial charge in [-0.15, -0.1) is 0 Å². The summed E-state index contributed by atoms with van der Waals surface area (Å²) in [7, 11) is 1.58. The van der Waals surface area contributed by atoms with E-state index in [4.69, 9.17) is 4.74 Å². The van der Waals surface area contributed by atoms with Crippen LogP contribution in [0.25, 0.3) is 5.57 Å². The van der Waals surface area contributed by atoms with Gasteiger partial charge in [0.15, 0.2) is 0 Å². The molecule has 34 heavy (non-hydrogen) atoms. The lowest BCUT2D eigenvalue weighted by molar-refractivity contribution is -0.120. The first-order valence-electron chi connectivity index (χ1n) is 11.8. The first-order chi connectivity index (χ1) is 16.6. The Morgan fingerprint density at radius 2 is 1.62 bits per heavy atom. The van der Waals surface area contributed by atoms with E-state index >= 15 is 0 Å². The minimum atomic E-state index is -0.324. The molecular weight excluding hydrogens is 424 g/mol. The number of rotatable bonds is 7. The highest BCUT2D eigenvalue weighted by atomic mass is 16.5. The Bertz CT molecular complexity index is 1280. The molecule has 0 saturated heterocycles. The van der Waals surface area contributed by atoms with E-state index < -0.39 is 0 Å². The van der Waals surface area contributed by atoms with Crippen molar-refractivity contribution in [3.05, 3.63) is 95.2 Å². The molecule has 0 bridgehead atoms. The van der Waals surface area contributed by atoms with E-state index in [2.05, 4.69) is 13.0 Å². The summed E-state index contributed by atoms with van der Waals surface area (Å²) >= 11 is 0. The van der Waals surface area contributed by atoms with Gasteiger partial charge in [-0.3, -0.25) is 9.59 Å². The van der Waals surface area contributed by atoms with Crippen molar-refractivity contribution in [3.8, 4) is 5.75 Å². The molecule has 0 aliphatic carbocycles. The minimum absolute atomic E-state index is 0.302. The molecule has 0 saturated carbocycles. The molecule has 0 fully saturated rings. The number of methoxy groups -OCH3 is 1. The molecule has 5 heteroatoms. The van der Waals surface area contributed by atoms with Crippen molar-refractivity contribution in [1.82, 2.24) is 0 Å². The number of ether oxygens (including phenoxy) is 1. The number of unbranched alkanes of at least 4 members (excludes halogenated alkanes) is 1. The minimum Gasteiger partial charge on any atom is -0.496 e. The fourth-order valence-corrected chi connectivity index (χ4v) is 4.86. The summed E-state index contributed by atoms with van der Waals surface area (Å²) in [6.45, 7) is 2.81. The number of nitrogens with zero attached hydrogens (tertiary/aromatic N) is 2. The topological polar surface area (TPSA) is 49.9 Å². The van der Waals surface area contributed by atoms with Gasteiger partial charge < -0.3 is 9.64 Å². The lowest BCUT2D eigenvalue weighted by atomic mass is 10.0. The lowest BCUT2D eigenvalue weighted by Crippen LogP contribution is -2.34. The molecule has 0 N–H and O–H groups in total. The van der Waals surface area contributed by atoms with Gasteiger partial charge in [-0.1, -0.05) is 61.9 Å². The van der Waals surface area contributed by atoms with Crippen molar-refractivity contribution in [2.45, 2.75) is 32.6 Å². The van der Waals surface area contributed by atoms with Crippen LogP contribution in [0.2, 0.25) is 0 Å². The largest absolute Gasteiger partial charge is 0.496 e. The predicted molar refractivity (Wildman–Crippen MR) is 135 cm³/mol. The molecule has 3 aromatic carbocycles. The second kappa shape index (κ2) is 9.18. The highest BCUT2D eigenvalue weighted by molar-refractivity contribution is 6.46. The van der Waals surface area contributed by atoms with Gasteiger partial charge in [0.2, 0.25) is 0 Å². The smallest absolute Gasteiger partial charge is 0.282 e. The third-order valence-electron chi connectivity index (χ3n) is 6.61. The maximum absolute atomic E-state index is 13.9. The van der Waals surface area contributed by atoms with Crippen LogP contribution in [-0.2, 0) is 22.4 Å². The van der Waals surface area contributed by atoms with Crippen molar-refractivity contribution in [2.24, 2.45) is 0 Å². The number of hydrogen-bond acceptors (Lipinski definition) is 4. The van der Waals surface area contributed by atoms with Crippen LogP contribution in [0.15, 0.2) is 78.5 Å².